The number of alkyl halides is 9. The standard InChI is InChI=1S/C13H9F9O5S/c1-26-6-9(23)7-2-4-8(5-3-7)27-28(24,25)13(21,22)11(16,17)10(14,15)12(18,19)20/h2-5H,6H2,1H3. The molecule has 0 bridgehead atoms. The number of carbonyl (C=O) groups is 1. The van der Waals surface area contributed by atoms with E-state index in [0.717, 1.165) is 19.2 Å². The van der Waals surface area contributed by atoms with Gasteiger partial charge >= 0.3 is 33.4 Å². The molecule has 0 unspecified atom stereocenters. The van der Waals surface area contributed by atoms with Crippen molar-refractivity contribution in [3.8, 4) is 5.75 Å². The zero-order valence-electron chi connectivity index (χ0n) is 13.4. The fraction of sp³-hybridized carbons (Fsp3) is 0.462. The van der Waals surface area contributed by atoms with Crippen LogP contribution in [0.2, 0.25) is 0 Å². The predicted octanol–water partition coefficient (Wildman–Crippen LogP) is 3.65. The minimum Gasteiger partial charge on any atom is -0.378 e. The van der Waals surface area contributed by atoms with E-state index in [-0.39, 0.29) is 5.56 Å². The van der Waals surface area contributed by atoms with Gasteiger partial charge in [-0.1, -0.05) is 0 Å². The van der Waals surface area contributed by atoms with Gasteiger partial charge in [0.25, 0.3) is 0 Å². The normalized spacial score (nSPS) is 14.1. The third-order valence-corrected chi connectivity index (χ3v) is 4.38. The molecule has 15 heteroatoms. The molecule has 0 fully saturated rings. The summed E-state index contributed by atoms with van der Waals surface area (Å²) in [4.78, 5) is 11.4. The quantitative estimate of drug-likeness (QED) is 0.345. The Morgan fingerprint density at radius 3 is 1.75 bits per heavy atom. The molecule has 1 aromatic carbocycles. The number of Topliss-reactive ketones (excluding diaryl/α,β-unsaturated/α-hetero) is 1. The molecule has 0 amide bonds. The molecule has 0 saturated carbocycles. The van der Waals surface area contributed by atoms with Crippen molar-refractivity contribution in [3.05, 3.63) is 29.8 Å². The van der Waals surface area contributed by atoms with Crippen LogP contribution in [-0.4, -0.2) is 51.2 Å². The first-order valence-corrected chi connectivity index (χ1v) is 8.09. The number of carbonyl (C=O) groups excluding carboxylic acids is 1. The van der Waals surface area contributed by atoms with Gasteiger partial charge in [0.1, 0.15) is 12.4 Å². The predicted molar refractivity (Wildman–Crippen MR) is 73.1 cm³/mol. The van der Waals surface area contributed by atoms with E-state index in [9.17, 15) is 52.7 Å². The number of hydrogen-bond donors (Lipinski definition) is 0. The van der Waals surface area contributed by atoms with Gasteiger partial charge < -0.3 is 8.92 Å². The zero-order valence-corrected chi connectivity index (χ0v) is 14.2. The van der Waals surface area contributed by atoms with E-state index in [1.165, 1.54) is 0 Å². The van der Waals surface area contributed by atoms with Crippen molar-refractivity contribution in [1.82, 2.24) is 0 Å². The maximum Gasteiger partial charge on any atom is 0.460 e. The maximum absolute atomic E-state index is 13.5. The van der Waals surface area contributed by atoms with Crippen LogP contribution < -0.4 is 4.18 Å². The Balaban J connectivity index is 3.22. The lowest BCUT2D eigenvalue weighted by Gasteiger charge is -2.32. The lowest BCUT2D eigenvalue weighted by atomic mass is 10.1. The lowest BCUT2D eigenvalue weighted by molar-refractivity contribution is -0.382. The van der Waals surface area contributed by atoms with Gasteiger partial charge in [-0.25, -0.2) is 0 Å². The van der Waals surface area contributed by atoms with Crippen molar-refractivity contribution in [2.45, 2.75) is 23.3 Å². The van der Waals surface area contributed by atoms with Gasteiger partial charge in [-0.05, 0) is 24.3 Å². The van der Waals surface area contributed by atoms with Gasteiger partial charge in [0.15, 0.2) is 5.78 Å². The molecule has 0 atom stereocenters. The van der Waals surface area contributed by atoms with Crippen LogP contribution in [0.3, 0.4) is 0 Å². The summed E-state index contributed by atoms with van der Waals surface area (Å²) in [5.41, 5.74) is -0.160. The van der Waals surface area contributed by atoms with Crippen molar-refractivity contribution in [2.24, 2.45) is 0 Å². The minimum atomic E-state index is -7.40. The highest BCUT2D eigenvalue weighted by Gasteiger charge is 2.86. The molecule has 160 valence electrons. The summed E-state index contributed by atoms with van der Waals surface area (Å²) in [5.74, 6) is -16.6. The van der Waals surface area contributed by atoms with Crippen molar-refractivity contribution in [3.63, 3.8) is 0 Å². The number of ether oxygens (including phenoxy) is 1. The molecule has 5 nitrogen and oxygen atoms in total. The molecular weight excluding hydrogens is 439 g/mol. The summed E-state index contributed by atoms with van der Waals surface area (Å²) in [6.07, 6.45) is -7.18. The number of halogens is 9. The Morgan fingerprint density at radius 2 is 1.36 bits per heavy atom. The highest BCUT2D eigenvalue weighted by atomic mass is 32.2. The van der Waals surface area contributed by atoms with Crippen molar-refractivity contribution >= 4 is 15.9 Å². The van der Waals surface area contributed by atoms with E-state index < -0.39 is 51.5 Å². The summed E-state index contributed by atoms with van der Waals surface area (Å²) in [6.45, 7) is -0.435. The minimum absolute atomic E-state index is 0.160. The molecule has 0 aromatic heterocycles. The largest absolute Gasteiger partial charge is 0.460 e. The second-order valence-electron chi connectivity index (χ2n) is 5.08. The molecule has 0 aliphatic carbocycles. The van der Waals surface area contributed by atoms with E-state index in [1.807, 2.05) is 0 Å². The zero-order chi connectivity index (χ0) is 22.2. The smallest absolute Gasteiger partial charge is 0.378 e. The fourth-order valence-corrected chi connectivity index (χ4v) is 2.52. The van der Waals surface area contributed by atoms with E-state index in [2.05, 4.69) is 8.92 Å². The van der Waals surface area contributed by atoms with E-state index >= 15 is 0 Å². The van der Waals surface area contributed by atoms with Gasteiger partial charge in [0, 0.05) is 12.7 Å². The first-order valence-electron chi connectivity index (χ1n) is 6.69. The summed E-state index contributed by atoms with van der Waals surface area (Å²) in [6, 6.07) is 2.59. The van der Waals surface area contributed by atoms with Crippen LogP contribution >= 0.6 is 0 Å². The molecular formula is C13H9F9O5S. The fourth-order valence-electron chi connectivity index (χ4n) is 1.61. The van der Waals surface area contributed by atoms with Gasteiger partial charge in [-0.15, -0.1) is 0 Å². The first-order chi connectivity index (χ1) is 12.4. The monoisotopic (exact) mass is 448 g/mol. The van der Waals surface area contributed by atoms with E-state index in [4.69, 9.17) is 0 Å². The highest BCUT2D eigenvalue weighted by molar-refractivity contribution is 7.88. The molecule has 0 aliphatic heterocycles. The lowest BCUT2D eigenvalue weighted by Crippen LogP contribution is -2.63. The average molecular weight is 448 g/mol. The Labute approximate surface area is 151 Å². The molecule has 0 heterocycles. The number of hydrogen-bond acceptors (Lipinski definition) is 5. The van der Waals surface area contributed by atoms with Crippen LogP contribution in [0.4, 0.5) is 39.5 Å². The SMILES string of the molecule is COCC(=O)c1ccc(OS(=O)(=O)C(F)(F)C(F)(F)C(F)(F)C(F)(F)F)cc1. The first kappa shape index (κ1) is 24.0. The second kappa shape index (κ2) is 7.42. The number of benzene rings is 1. The number of methoxy groups -OCH3 is 1. The van der Waals surface area contributed by atoms with Crippen molar-refractivity contribution < 1.29 is 61.6 Å². The van der Waals surface area contributed by atoms with Gasteiger partial charge in [-0.3, -0.25) is 4.79 Å². The Bertz CT molecular complexity index is 816. The molecule has 0 saturated heterocycles. The molecule has 28 heavy (non-hydrogen) atoms. The van der Waals surface area contributed by atoms with E-state index in [1.54, 1.807) is 0 Å². The van der Waals surface area contributed by atoms with Crippen LogP contribution in [0.1, 0.15) is 10.4 Å². The van der Waals surface area contributed by atoms with Gasteiger partial charge in [-0.2, -0.15) is 47.9 Å². The van der Waals surface area contributed by atoms with E-state index in [0.29, 0.717) is 12.1 Å². The molecule has 0 radical (unpaired) electrons. The molecule has 0 aliphatic rings. The molecule has 1 aromatic rings. The van der Waals surface area contributed by atoms with Crippen LogP contribution in [0.15, 0.2) is 24.3 Å². The Hall–Kier alpha value is -2.03. The molecule has 1 rings (SSSR count). The second-order valence-corrected chi connectivity index (χ2v) is 6.67. The van der Waals surface area contributed by atoms with Crippen molar-refractivity contribution in [1.29, 1.82) is 0 Å². The Morgan fingerprint density at radius 1 is 0.893 bits per heavy atom. The summed E-state index contributed by atoms with van der Waals surface area (Å²) in [7, 11) is -5.88. The topological polar surface area (TPSA) is 69.7 Å². The van der Waals surface area contributed by atoms with Gasteiger partial charge in [0.05, 0.1) is 0 Å². The maximum atomic E-state index is 13.5. The molecule has 0 spiro atoms. The average Bonchev–Trinajstić information content (AvgIpc) is 2.53. The molecule has 0 N–H and O–H groups in total. The van der Waals surface area contributed by atoms with Crippen molar-refractivity contribution in [2.75, 3.05) is 13.7 Å². The van der Waals surface area contributed by atoms with Crippen LogP contribution in [0.5, 0.6) is 5.75 Å². The summed E-state index contributed by atoms with van der Waals surface area (Å²) >= 11 is 0. The third-order valence-electron chi connectivity index (χ3n) is 3.09. The van der Waals surface area contributed by atoms with Gasteiger partial charge in [0.2, 0.25) is 0 Å². The third kappa shape index (κ3) is 4.04. The summed E-state index contributed by atoms with van der Waals surface area (Å²) < 4.78 is 146. The number of rotatable bonds is 8. The highest BCUT2D eigenvalue weighted by Crippen LogP contribution is 2.54. The number of ketones is 1. The van der Waals surface area contributed by atoms with Crippen LogP contribution in [0.25, 0.3) is 0 Å². The Kier molecular flexibility index (Phi) is 6.36. The summed E-state index contributed by atoms with van der Waals surface area (Å²) in [5, 5.41) is -6.97. The van der Waals surface area contributed by atoms with Crippen LogP contribution in [0, 0.1) is 0 Å². The van der Waals surface area contributed by atoms with Crippen LogP contribution in [-0.2, 0) is 14.9 Å².